The van der Waals surface area contributed by atoms with Gasteiger partial charge in [-0.15, -0.1) is 0 Å². The molecule has 0 radical (unpaired) electrons. The molecule has 0 aliphatic carbocycles. The predicted molar refractivity (Wildman–Crippen MR) is 84.3 cm³/mol. The molecular weight excluding hydrogens is 369 g/mol. The minimum absolute atomic E-state index is 0.0618. The molecule has 1 N–H and O–H groups in total. The van der Waals surface area contributed by atoms with E-state index in [0.717, 1.165) is 18.3 Å². The zero-order valence-electron chi connectivity index (χ0n) is 14.1. The van der Waals surface area contributed by atoms with Crippen LogP contribution < -0.4 is 5.32 Å². The number of alkyl halides is 3. The van der Waals surface area contributed by atoms with Gasteiger partial charge in [-0.05, 0) is 18.2 Å². The monoisotopic (exact) mass is 382 g/mol. The smallest absolute Gasteiger partial charge is 0.416 e. The molecule has 11 heteroatoms. The van der Waals surface area contributed by atoms with Gasteiger partial charge in [0.25, 0.3) is 5.79 Å². The van der Waals surface area contributed by atoms with Crippen LogP contribution in [-0.4, -0.2) is 32.5 Å². The molecule has 0 amide bonds. The Labute approximate surface area is 150 Å². The molecule has 1 aliphatic heterocycles. The normalized spacial score (nSPS) is 16.6. The standard InChI is InChI=1S/C16H13F3N4O4/c1-15(2)26-13(24)10(14(25)27-15)6-21-11-5-9(16(17,18)19)3-4-12(11)23-8-20-7-22-23/h3-8,21H,1-2H3. The topological polar surface area (TPSA) is 95.3 Å². The van der Waals surface area contributed by atoms with Gasteiger partial charge in [0.05, 0.1) is 16.9 Å². The van der Waals surface area contributed by atoms with Gasteiger partial charge in [-0.2, -0.15) is 18.3 Å². The van der Waals surface area contributed by atoms with Crippen LogP contribution in [0.3, 0.4) is 0 Å². The lowest BCUT2D eigenvalue weighted by molar-refractivity contribution is -0.222. The van der Waals surface area contributed by atoms with E-state index < -0.39 is 35.0 Å². The Morgan fingerprint density at radius 3 is 2.41 bits per heavy atom. The van der Waals surface area contributed by atoms with Crippen molar-refractivity contribution >= 4 is 17.6 Å². The van der Waals surface area contributed by atoms with E-state index in [2.05, 4.69) is 15.4 Å². The number of benzene rings is 1. The zero-order chi connectivity index (χ0) is 19.8. The van der Waals surface area contributed by atoms with Gasteiger partial charge in [0, 0.05) is 20.0 Å². The third kappa shape index (κ3) is 3.91. The van der Waals surface area contributed by atoms with Crippen LogP contribution in [-0.2, 0) is 25.2 Å². The van der Waals surface area contributed by atoms with Crippen LogP contribution >= 0.6 is 0 Å². The molecule has 2 aromatic rings. The van der Waals surface area contributed by atoms with Crippen molar-refractivity contribution in [1.29, 1.82) is 0 Å². The Hall–Kier alpha value is -3.37. The Bertz CT molecular complexity index is 898. The largest absolute Gasteiger partial charge is 0.419 e. The van der Waals surface area contributed by atoms with E-state index in [1.807, 2.05) is 0 Å². The van der Waals surface area contributed by atoms with Crippen molar-refractivity contribution in [2.75, 3.05) is 5.32 Å². The van der Waals surface area contributed by atoms with E-state index >= 15 is 0 Å². The third-order valence-corrected chi connectivity index (χ3v) is 3.48. The molecule has 1 aromatic carbocycles. The summed E-state index contributed by atoms with van der Waals surface area (Å²) >= 11 is 0. The summed E-state index contributed by atoms with van der Waals surface area (Å²) in [6.45, 7) is 2.76. The van der Waals surface area contributed by atoms with Gasteiger partial charge >= 0.3 is 18.1 Å². The molecule has 27 heavy (non-hydrogen) atoms. The quantitative estimate of drug-likeness (QED) is 0.495. The van der Waals surface area contributed by atoms with Gasteiger partial charge in [-0.3, -0.25) is 0 Å². The van der Waals surface area contributed by atoms with E-state index in [-0.39, 0.29) is 11.4 Å². The first-order valence-electron chi connectivity index (χ1n) is 7.56. The summed E-state index contributed by atoms with van der Waals surface area (Å²) in [6.07, 6.45) is -1.17. The van der Waals surface area contributed by atoms with Gasteiger partial charge in [0.1, 0.15) is 12.7 Å². The highest BCUT2D eigenvalue weighted by atomic mass is 19.4. The molecule has 1 aliphatic rings. The molecule has 0 atom stereocenters. The van der Waals surface area contributed by atoms with Crippen molar-refractivity contribution < 1.29 is 32.2 Å². The zero-order valence-corrected chi connectivity index (χ0v) is 14.1. The van der Waals surface area contributed by atoms with Gasteiger partial charge in [-0.25, -0.2) is 19.3 Å². The Morgan fingerprint density at radius 2 is 1.85 bits per heavy atom. The second kappa shape index (κ2) is 6.41. The molecule has 2 heterocycles. The number of carbonyl (C=O) groups excluding carboxylic acids is 2. The highest BCUT2D eigenvalue weighted by Gasteiger charge is 2.39. The van der Waals surface area contributed by atoms with Gasteiger partial charge in [-0.1, -0.05) is 0 Å². The molecule has 0 unspecified atom stereocenters. The Kier molecular flexibility index (Phi) is 4.38. The molecule has 0 saturated carbocycles. The summed E-state index contributed by atoms with van der Waals surface area (Å²) in [4.78, 5) is 27.6. The number of hydrogen-bond acceptors (Lipinski definition) is 7. The van der Waals surface area contributed by atoms with Crippen LogP contribution in [0.5, 0.6) is 0 Å². The summed E-state index contributed by atoms with van der Waals surface area (Å²) in [5.74, 6) is -3.34. The maximum Gasteiger partial charge on any atom is 0.416 e. The summed E-state index contributed by atoms with van der Waals surface area (Å²) in [6, 6.07) is 2.87. The first-order valence-corrected chi connectivity index (χ1v) is 7.56. The van der Waals surface area contributed by atoms with E-state index in [1.54, 1.807) is 0 Å². The Balaban J connectivity index is 1.98. The third-order valence-electron chi connectivity index (χ3n) is 3.48. The van der Waals surface area contributed by atoms with E-state index in [1.165, 1.54) is 37.3 Å². The number of esters is 2. The van der Waals surface area contributed by atoms with E-state index in [0.29, 0.717) is 0 Å². The van der Waals surface area contributed by atoms with E-state index in [4.69, 9.17) is 9.47 Å². The minimum atomic E-state index is -4.59. The maximum atomic E-state index is 13.0. The fourth-order valence-electron chi connectivity index (χ4n) is 2.29. The first-order chi connectivity index (χ1) is 12.6. The number of halogens is 3. The molecule has 142 valence electrons. The van der Waals surface area contributed by atoms with Crippen molar-refractivity contribution in [1.82, 2.24) is 14.8 Å². The molecule has 3 rings (SSSR count). The van der Waals surface area contributed by atoms with Crippen LogP contribution in [0.2, 0.25) is 0 Å². The summed E-state index contributed by atoms with van der Waals surface area (Å²) in [5.41, 5.74) is -1.26. The lowest BCUT2D eigenvalue weighted by Crippen LogP contribution is -2.42. The number of anilines is 1. The number of aromatic nitrogens is 3. The number of nitrogens with one attached hydrogen (secondary N) is 1. The van der Waals surface area contributed by atoms with Gasteiger partial charge in [0.15, 0.2) is 5.57 Å². The highest BCUT2D eigenvalue weighted by Crippen LogP contribution is 2.33. The molecule has 1 fully saturated rings. The second-order valence-electron chi connectivity index (χ2n) is 5.95. The number of cyclic esters (lactones) is 2. The van der Waals surface area contributed by atoms with Gasteiger partial charge < -0.3 is 14.8 Å². The number of ether oxygens (including phenoxy) is 2. The van der Waals surface area contributed by atoms with Crippen LogP contribution in [0.4, 0.5) is 18.9 Å². The van der Waals surface area contributed by atoms with Crippen molar-refractivity contribution in [3.8, 4) is 5.69 Å². The molecule has 8 nitrogen and oxygen atoms in total. The fourth-order valence-corrected chi connectivity index (χ4v) is 2.29. The van der Waals surface area contributed by atoms with Crippen molar-refractivity contribution in [3.05, 3.63) is 48.2 Å². The molecular formula is C16H13F3N4O4. The van der Waals surface area contributed by atoms with Crippen LogP contribution in [0, 0.1) is 0 Å². The minimum Gasteiger partial charge on any atom is -0.419 e. The summed E-state index contributed by atoms with van der Waals surface area (Å²) < 4.78 is 50.1. The lowest BCUT2D eigenvalue weighted by Gasteiger charge is -2.29. The highest BCUT2D eigenvalue weighted by molar-refractivity contribution is 6.15. The average Bonchev–Trinajstić information content (AvgIpc) is 3.06. The summed E-state index contributed by atoms with van der Waals surface area (Å²) in [5, 5.41) is 6.38. The molecule has 1 aromatic heterocycles. The molecule has 1 saturated heterocycles. The predicted octanol–water partition coefficient (Wildman–Crippen LogP) is 2.42. The van der Waals surface area contributed by atoms with Crippen LogP contribution in [0.1, 0.15) is 19.4 Å². The first kappa shape index (κ1) is 18.4. The average molecular weight is 382 g/mol. The van der Waals surface area contributed by atoms with E-state index in [9.17, 15) is 22.8 Å². The maximum absolute atomic E-state index is 13.0. The number of hydrogen-bond donors (Lipinski definition) is 1. The number of rotatable bonds is 3. The fraction of sp³-hybridized carbons (Fsp3) is 0.250. The van der Waals surface area contributed by atoms with Gasteiger partial charge in [0.2, 0.25) is 0 Å². The Morgan fingerprint density at radius 1 is 1.19 bits per heavy atom. The van der Waals surface area contributed by atoms with Crippen molar-refractivity contribution in [2.45, 2.75) is 25.8 Å². The summed E-state index contributed by atoms with van der Waals surface area (Å²) in [7, 11) is 0. The second-order valence-corrected chi connectivity index (χ2v) is 5.95. The van der Waals surface area contributed by atoms with Crippen molar-refractivity contribution in [2.24, 2.45) is 0 Å². The van der Waals surface area contributed by atoms with Crippen LogP contribution in [0.25, 0.3) is 5.69 Å². The number of carbonyl (C=O) groups is 2. The van der Waals surface area contributed by atoms with Crippen molar-refractivity contribution in [3.63, 3.8) is 0 Å². The molecule has 0 bridgehead atoms. The number of nitrogens with zero attached hydrogens (tertiary/aromatic N) is 3. The van der Waals surface area contributed by atoms with Crippen LogP contribution in [0.15, 0.2) is 42.6 Å². The molecule has 0 spiro atoms. The SMILES string of the molecule is CC1(C)OC(=O)C(=CNc2cc(C(F)(F)F)ccc2-n2cncn2)C(=O)O1. The lowest BCUT2D eigenvalue weighted by atomic mass is 10.1.